The normalized spacial score (nSPS) is 11.8. The van der Waals surface area contributed by atoms with E-state index in [0.29, 0.717) is 24.2 Å². The van der Waals surface area contributed by atoms with Crippen molar-refractivity contribution >= 4 is 21.8 Å². The number of carbonyl (C=O) groups is 1. The van der Waals surface area contributed by atoms with Crippen molar-refractivity contribution in [2.45, 2.75) is 33.4 Å². The van der Waals surface area contributed by atoms with Crippen LogP contribution in [0.5, 0.6) is 5.75 Å². The summed E-state index contributed by atoms with van der Waals surface area (Å²) in [6.07, 6.45) is 5.51. The number of pyridine rings is 1. The van der Waals surface area contributed by atoms with E-state index in [9.17, 15) is 18.4 Å². The van der Waals surface area contributed by atoms with E-state index in [2.05, 4.69) is 15.9 Å². The third-order valence-corrected chi connectivity index (χ3v) is 4.96. The largest absolute Gasteiger partial charge is 0.487 e. The van der Waals surface area contributed by atoms with Gasteiger partial charge in [-0.15, -0.1) is 0 Å². The highest BCUT2D eigenvalue weighted by molar-refractivity contribution is 9.10. The first-order valence-electron chi connectivity index (χ1n) is 8.84. The van der Waals surface area contributed by atoms with E-state index in [-0.39, 0.29) is 28.0 Å². The quantitative estimate of drug-likeness (QED) is 0.468. The topological polar surface area (TPSA) is 74.3 Å². The van der Waals surface area contributed by atoms with Crippen LogP contribution in [0.4, 0.5) is 8.78 Å². The van der Waals surface area contributed by atoms with Crippen LogP contribution in [0.1, 0.15) is 24.6 Å². The van der Waals surface area contributed by atoms with Crippen molar-refractivity contribution in [2.24, 2.45) is 5.73 Å². The molecule has 0 spiro atoms. The molecule has 1 amide bonds. The first-order chi connectivity index (χ1) is 13.7. The van der Waals surface area contributed by atoms with Crippen LogP contribution in [-0.2, 0) is 17.9 Å². The molecule has 8 heteroatoms. The van der Waals surface area contributed by atoms with E-state index in [1.165, 1.54) is 6.07 Å². The second kappa shape index (κ2) is 10.2. The Morgan fingerprint density at radius 3 is 2.66 bits per heavy atom. The van der Waals surface area contributed by atoms with Crippen molar-refractivity contribution in [2.75, 3.05) is 0 Å². The van der Waals surface area contributed by atoms with Crippen LogP contribution < -0.4 is 16.0 Å². The van der Waals surface area contributed by atoms with Gasteiger partial charge in [0.15, 0.2) is 0 Å². The summed E-state index contributed by atoms with van der Waals surface area (Å²) in [6, 6.07) is 4.88. The molecule has 2 rings (SSSR count). The molecule has 154 valence electrons. The van der Waals surface area contributed by atoms with Gasteiger partial charge in [0, 0.05) is 35.5 Å². The van der Waals surface area contributed by atoms with Crippen LogP contribution in [0.25, 0.3) is 0 Å². The molecule has 29 heavy (non-hydrogen) atoms. The minimum absolute atomic E-state index is 0.143. The Labute approximate surface area is 175 Å². The van der Waals surface area contributed by atoms with Gasteiger partial charge in [0.2, 0.25) is 5.91 Å². The fourth-order valence-electron chi connectivity index (χ4n) is 2.63. The molecule has 0 saturated carbocycles. The zero-order valence-electron chi connectivity index (χ0n) is 16.0. The molecule has 1 aromatic heterocycles. The number of hydrogen-bond donors (Lipinski definition) is 1. The van der Waals surface area contributed by atoms with Gasteiger partial charge in [0.05, 0.1) is 0 Å². The molecule has 0 aliphatic rings. The van der Waals surface area contributed by atoms with Crippen LogP contribution in [0.3, 0.4) is 0 Å². The Balaban J connectivity index is 2.12. The van der Waals surface area contributed by atoms with E-state index in [1.54, 1.807) is 42.7 Å². The lowest BCUT2D eigenvalue weighted by Crippen LogP contribution is -2.23. The number of primary amides is 1. The molecular formula is C21H21BrF2N2O3. The van der Waals surface area contributed by atoms with Gasteiger partial charge < -0.3 is 15.0 Å². The smallest absolute Gasteiger partial charge is 0.268 e. The molecule has 1 aromatic carbocycles. The lowest BCUT2D eigenvalue weighted by atomic mass is 10.2. The second-order valence-electron chi connectivity index (χ2n) is 6.24. The van der Waals surface area contributed by atoms with Crippen molar-refractivity contribution in [1.82, 2.24) is 4.57 Å². The minimum atomic E-state index is -0.713. The van der Waals surface area contributed by atoms with Crippen molar-refractivity contribution in [3.8, 4) is 5.75 Å². The number of allylic oxidation sites excluding steroid dienone is 2. The predicted molar refractivity (Wildman–Crippen MR) is 111 cm³/mol. The maximum Gasteiger partial charge on any atom is 0.268 e. The number of hydrogen-bond acceptors (Lipinski definition) is 3. The SMILES string of the molecule is C/C=C(\C=C/CCn1c(C)cc(OCc2ccc(F)cc2F)c(Br)c1=O)C(N)=O. The van der Waals surface area contributed by atoms with E-state index in [0.717, 1.165) is 12.1 Å². The molecule has 0 unspecified atom stereocenters. The predicted octanol–water partition coefficient (Wildman–Crippen LogP) is 4.15. The van der Waals surface area contributed by atoms with Gasteiger partial charge in [0.25, 0.3) is 5.56 Å². The van der Waals surface area contributed by atoms with Crippen LogP contribution in [0, 0.1) is 18.6 Å². The Morgan fingerprint density at radius 1 is 1.31 bits per heavy atom. The number of amides is 1. The molecule has 0 radical (unpaired) electrons. The van der Waals surface area contributed by atoms with E-state index >= 15 is 0 Å². The summed E-state index contributed by atoms with van der Waals surface area (Å²) in [5.74, 6) is -1.63. The summed E-state index contributed by atoms with van der Waals surface area (Å²) < 4.78 is 34.1. The number of rotatable bonds is 8. The molecule has 2 N–H and O–H groups in total. The van der Waals surface area contributed by atoms with Crippen LogP contribution in [-0.4, -0.2) is 10.5 Å². The van der Waals surface area contributed by atoms with Gasteiger partial charge in [-0.1, -0.05) is 18.2 Å². The monoisotopic (exact) mass is 466 g/mol. The highest BCUT2D eigenvalue weighted by atomic mass is 79.9. The molecule has 0 saturated heterocycles. The average Bonchev–Trinajstić information content (AvgIpc) is 2.66. The first-order valence-corrected chi connectivity index (χ1v) is 9.63. The van der Waals surface area contributed by atoms with Gasteiger partial charge in [-0.05, 0) is 48.3 Å². The summed E-state index contributed by atoms with van der Waals surface area (Å²) in [5.41, 5.74) is 6.17. The number of nitrogens with zero attached hydrogens (tertiary/aromatic N) is 1. The average molecular weight is 467 g/mol. The number of nitrogens with two attached hydrogens (primary N) is 1. The van der Waals surface area contributed by atoms with Gasteiger partial charge in [-0.2, -0.15) is 0 Å². The molecule has 0 bridgehead atoms. The molecule has 0 fully saturated rings. The first kappa shape index (κ1) is 22.5. The Bertz CT molecular complexity index is 1030. The van der Waals surface area contributed by atoms with Crippen LogP contribution in [0.15, 0.2) is 57.3 Å². The van der Waals surface area contributed by atoms with Crippen molar-refractivity contribution in [3.05, 3.63) is 85.8 Å². The zero-order chi connectivity index (χ0) is 21.6. The number of aryl methyl sites for hydroxylation is 1. The number of benzene rings is 1. The fraction of sp³-hybridized carbons (Fsp3) is 0.238. The molecule has 5 nitrogen and oxygen atoms in total. The second-order valence-corrected chi connectivity index (χ2v) is 7.04. The lowest BCUT2D eigenvalue weighted by molar-refractivity contribution is -0.114. The fourth-order valence-corrected chi connectivity index (χ4v) is 3.07. The van der Waals surface area contributed by atoms with Gasteiger partial charge in [0.1, 0.15) is 28.5 Å². The summed E-state index contributed by atoms with van der Waals surface area (Å²) in [7, 11) is 0. The summed E-state index contributed by atoms with van der Waals surface area (Å²) >= 11 is 3.23. The Hall–Kier alpha value is -2.74. The minimum Gasteiger partial charge on any atom is -0.487 e. The Morgan fingerprint density at radius 2 is 2.03 bits per heavy atom. The van der Waals surface area contributed by atoms with Crippen molar-refractivity contribution in [1.29, 1.82) is 0 Å². The maximum absolute atomic E-state index is 13.7. The molecule has 1 heterocycles. The summed E-state index contributed by atoms with van der Waals surface area (Å²) in [6.45, 7) is 3.72. The van der Waals surface area contributed by atoms with E-state index in [1.807, 2.05) is 0 Å². The lowest BCUT2D eigenvalue weighted by Gasteiger charge is -2.14. The highest BCUT2D eigenvalue weighted by Gasteiger charge is 2.13. The summed E-state index contributed by atoms with van der Waals surface area (Å²) in [5, 5.41) is 0. The summed E-state index contributed by atoms with van der Waals surface area (Å²) in [4.78, 5) is 23.8. The van der Waals surface area contributed by atoms with Gasteiger partial charge >= 0.3 is 0 Å². The number of ether oxygens (including phenoxy) is 1. The molecular weight excluding hydrogens is 446 g/mol. The Kier molecular flexibility index (Phi) is 7.90. The zero-order valence-corrected chi connectivity index (χ0v) is 17.6. The highest BCUT2D eigenvalue weighted by Crippen LogP contribution is 2.24. The van der Waals surface area contributed by atoms with Crippen LogP contribution in [0.2, 0.25) is 0 Å². The number of aromatic nitrogens is 1. The van der Waals surface area contributed by atoms with Crippen LogP contribution >= 0.6 is 15.9 Å². The maximum atomic E-state index is 13.7. The van der Waals surface area contributed by atoms with Gasteiger partial charge in [-0.3, -0.25) is 9.59 Å². The van der Waals surface area contributed by atoms with E-state index < -0.39 is 17.5 Å². The third kappa shape index (κ3) is 5.87. The third-order valence-electron chi connectivity index (χ3n) is 4.23. The molecule has 0 atom stereocenters. The number of carbonyl (C=O) groups excluding carboxylic acids is 1. The number of halogens is 3. The van der Waals surface area contributed by atoms with E-state index in [4.69, 9.17) is 10.5 Å². The van der Waals surface area contributed by atoms with Crippen molar-refractivity contribution < 1.29 is 18.3 Å². The van der Waals surface area contributed by atoms with Gasteiger partial charge in [-0.25, -0.2) is 8.78 Å². The van der Waals surface area contributed by atoms with Crippen molar-refractivity contribution in [3.63, 3.8) is 0 Å². The molecule has 2 aromatic rings. The standard InChI is InChI=1S/C21H21BrF2N2O3/c1-3-14(20(25)27)6-4-5-9-26-13(2)10-18(19(22)21(26)28)29-12-15-7-8-16(23)11-17(15)24/h3-4,6-8,10-11H,5,9,12H2,1-2H3,(H2,25,27)/b6-4-,14-3+. The molecule has 0 aliphatic carbocycles. The molecule has 0 aliphatic heterocycles.